The van der Waals surface area contributed by atoms with Crippen LogP contribution in [0, 0.1) is 0 Å². The molecule has 0 spiro atoms. The maximum atomic E-state index is 5.64. The topological polar surface area (TPSA) is 21.3 Å². The van der Waals surface area contributed by atoms with Crippen molar-refractivity contribution >= 4 is 0 Å². The standard InChI is InChI=1S/C13H21NO/c1-3-4-10-14-12(2)11-15-13-8-6-5-7-9-13/h5-9,12,14H,3-4,10-11H2,1-2H3/t12-/m0/s1. The lowest BCUT2D eigenvalue weighted by molar-refractivity contribution is 0.273. The van der Waals surface area contributed by atoms with Crippen LogP contribution in [0.25, 0.3) is 0 Å². The van der Waals surface area contributed by atoms with E-state index in [1.54, 1.807) is 0 Å². The molecule has 1 aromatic rings. The van der Waals surface area contributed by atoms with Gasteiger partial charge in [-0.1, -0.05) is 31.5 Å². The molecule has 1 rings (SSSR count). The van der Waals surface area contributed by atoms with Gasteiger partial charge in [-0.05, 0) is 32.0 Å². The van der Waals surface area contributed by atoms with E-state index in [9.17, 15) is 0 Å². The molecular weight excluding hydrogens is 186 g/mol. The zero-order valence-corrected chi connectivity index (χ0v) is 9.70. The summed E-state index contributed by atoms with van der Waals surface area (Å²) < 4.78 is 5.64. The first-order valence-corrected chi connectivity index (χ1v) is 5.74. The van der Waals surface area contributed by atoms with Crippen LogP contribution >= 0.6 is 0 Å². The Morgan fingerprint density at radius 1 is 1.27 bits per heavy atom. The summed E-state index contributed by atoms with van der Waals surface area (Å²) in [5.74, 6) is 0.946. The summed E-state index contributed by atoms with van der Waals surface area (Å²) in [5, 5.41) is 3.43. The Hall–Kier alpha value is -1.02. The van der Waals surface area contributed by atoms with Crippen LogP contribution in [0.1, 0.15) is 26.7 Å². The van der Waals surface area contributed by atoms with E-state index in [2.05, 4.69) is 19.2 Å². The lowest BCUT2D eigenvalue weighted by Crippen LogP contribution is -2.32. The van der Waals surface area contributed by atoms with Gasteiger partial charge in [0, 0.05) is 6.04 Å². The Kier molecular flexibility index (Phi) is 5.86. The Morgan fingerprint density at radius 2 is 2.00 bits per heavy atom. The quantitative estimate of drug-likeness (QED) is 0.694. The van der Waals surface area contributed by atoms with Gasteiger partial charge in [-0.15, -0.1) is 0 Å². The fourth-order valence-electron chi connectivity index (χ4n) is 1.32. The molecule has 84 valence electrons. The molecule has 2 heteroatoms. The number of rotatable bonds is 7. The molecule has 0 heterocycles. The predicted molar refractivity (Wildman–Crippen MR) is 64.3 cm³/mol. The fraction of sp³-hybridized carbons (Fsp3) is 0.538. The minimum absolute atomic E-state index is 0.414. The second kappa shape index (κ2) is 7.30. The molecule has 0 saturated carbocycles. The number of benzene rings is 1. The van der Waals surface area contributed by atoms with E-state index in [-0.39, 0.29) is 0 Å². The van der Waals surface area contributed by atoms with E-state index >= 15 is 0 Å². The van der Waals surface area contributed by atoms with Gasteiger partial charge in [0.15, 0.2) is 0 Å². The van der Waals surface area contributed by atoms with Crippen LogP contribution in [0.3, 0.4) is 0 Å². The molecule has 0 radical (unpaired) electrons. The molecule has 0 saturated heterocycles. The van der Waals surface area contributed by atoms with E-state index in [4.69, 9.17) is 4.74 Å². The van der Waals surface area contributed by atoms with Crippen molar-refractivity contribution in [2.24, 2.45) is 0 Å². The number of para-hydroxylation sites is 1. The zero-order valence-electron chi connectivity index (χ0n) is 9.70. The number of hydrogen-bond donors (Lipinski definition) is 1. The normalized spacial score (nSPS) is 12.4. The van der Waals surface area contributed by atoms with Crippen LogP contribution in [0.2, 0.25) is 0 Å². The van der Waals surface area contributed by atoms with Gasteiger partial charge in [-0.25, -0.2) is 0 Å². The van der Waals surface area contributed by atoms with Crippen LogP contribution in [0.15, 0.2) is 30.3 Å². The van der Waals surface area contributed by atoms with Crippen molar-refractivity contribution in [1.82, 2.24) is 5.32 Å². The molecule has 0 aliphatic carbocycles. The van der Waals surface area contributed by atoms with Gasteiger partial charge in [0.2, 0.25) is 0 Å². The molecule has 0 aliphatic rings. The van der Waals surface area contributed by atoms with E-state index < -0.39 is 0 Å². The largest absolute Gasteiger partial charge is 0.492 e. The summed E-state index contributed by atoms with van der Waals surface area (Å²) in [5.41, 5.74) is 0. The molecule has 1 atom stereocenters. The second-order valence-corrected chi connectivity index (χ2v) is 3.83. The Bertz CT molecular complexity index is 248. The number of hydrogen-bond acceptors (Lipinski definition) is 2. The highest BCUT2D eigenvalue weighted by Gasteiger charge is 2.00. The van der Waals surface area contributed by atoms with Crippen molar-refractivity contribution in [2.45, 2.75) is 32.7 Å². The van der Waals surface area contributed by atoms with E-state index in [1.165, 1.54) is 12.8 Å². The molecule has 0 aliphatic heterocycles. The monoisotopic (exact) mass is 207 g/mol. The van der Waals surface area contributed by atoms with Crippen molar-refractivity contribution in [2.75, 3.05) is 13.2 Å². The molecule has 1 N–H and O–H groups in total. The number of unbranched alkanes of at least 4 members (excludes halogenated alkanes) is 1. The first-order valence-electron chi connectivity index (χ1n) is 5.74. The van der Waals surface area contributed by atoms with Crippen LogP contribution in [0.4, 0.5) is 0 Å². The summed E-state index contributed by atoms with van der Waals surface area (Å²) in [4.78, 5) is 0. The van der Waals surface area contributed by atoms with Crippen molar-refractivity contribution in [1.29, 1.82) is 0 Å². The van der Waals surface area contributed by atoms with E-state index in [0.717, 1.165) is 18.9 Å². The third kappa shape index (κ3) is 5.43. The maximum Gasteiger partial charge on any atom is 0.119 e. The Morgan fingerprint density at radius 3 is 2.67 bits per heavy atom. The van der Waals surface area contributed by atoms with Gasteiger partial charge in [-0.2, -0.15) is 0 Å². The molecule has 0 bridgehead atoms. The molecular formula is C13H21NO. The van der Waals surface area contributed by atoms with Gasteiger partial charge in [0.25, 0.3) is 0 Å². The maximum absolute atomic E-state index is 5.64. The molecule has 2 nitrogen and oxygen atoms in total. The minimum Gasteiger partial charge on any atom is -0.492 e. The average Bonchev–Trinajstić information content (AvgIpc) is 2.28. The first kappa shape index (κ1) is 12.1. The summed E-state index contributed by atoms with van der Waals surface area (Å²) >= 11 is 0. The number of ether oxygens (including phenoxy) is 1. The van der Waals surface area contributed by atoms with Crippen LogP contribution in [0.5, 0.6) is 5.75 Å². The lowest BCUT2D eigenvalue weighted by atomic mass is 10.3. The fourth-order valence-corrected chi connectivity index (χ4v) is 1.32. The van der Waals surface area contributed by atoms with Gasteiger partial charge in [0.05, 0.1) is 0 Å². The van der Waals surface area contributed by atoms with Crippen molar-refractivity contribution in [3.05, 3.63) is 30.3 Å². The lowest BCUT2D eigenvalue weighted by Gasteiger charge is -2.14. The molecule has 0 unspecified atom stereocenters. The summed E-state index contributed by atoms with van der Waals surface area (Å²) in [6.45, 7) is 6.16. The molecule has 0 aromatic heterocycles. The average molecular weight is 207 g/mol. The molecule has 0 fully saturated rings. The summed E-state index contributed by atoms with van der Waals surface area (Å²) in [7, 11) is 0. The van der Waals surface area contributed by atoms with Crippen LogP contribution < -0.4 is 10.1 Å². The predicted octanol–water partition coefficient (Wildman–Crippen LogP) is 2.84. The molecule has 1 aromatic carbocycles. The van der Waals surface area contributed by atoms with E-state index in [0.29, 0.717) is 6.04 Å². The third-order valence-corrected chi connectivity index (χ3v) is 2.27. The minimum atomic E-state index is 0.414. The molecule has 0 amide bonds. The van der Waals surface area contributed by atoms with Crippen molar-refractivity contribution in [3.63, 3.8) is 0 Å². The zero-order chi connectivity index (χ0) is 10.9. The smallest absolute Gasteiger partial charge is 0.119 e. The highest BCUT2D eigenvalue weighted by molar-refractivity contribution is 5.20. The third-order valence-electron chi connectivity index (χ3n) is 2.27. The summed E-state index contributed by atoms with van der Waals surface area (Å²) in [6.07, 6.45) is 2.47. The van der Waals surface area contributed by atoms with Crippen molar-refractivity contribution < 1.29 is 4.74 Å². The number of nitrogens with one attached hydrogen (secondary N) is 1. The summed E-state index contributed by atoms with van der Waals surface area (Å²) in [6, 6.07) is 10.4. The van der Waals surface area contributed by atoms with E-state index in [1.807, 2.05) is 30.3 Å². The SMILES string of the molecule is CCCCN[C@@H](C)COc1ccccc1. The van der Waals surface area contributed by atoms with Gasteiger partial charge < -0.3 is 10.1 Å². The van der Waals surface area contributed by atoms with Gasteiger partial charge >= 0.3 is 0 Å². The highest BCUT2D eigenvalue weighted by atomic mass is 16.5. The van der Waals surface area contributed by atoms with Crippen LogP contribution in [-0.2, 0) is 0 Å². The second-order valence-electron chi connectivity index (χ2n) is 3.83. The van der Waals surface area contributed by atoms with Gasteiger partial charge in [0.1, 0.15) is 12.4 Å². The highest BCUT2D eigenvalue weighted by Crippen LogP contribution is 2.08. The Balaban J connectivity index is 2.14. The van der Waals surface area contributed by atoms with Gasteiger partial charge in [-0.3, -0.25) is 0 Å². The first-order chi connectivity index (χ1) is 7.33. The van der Waals surface area contributed by atoms with Crippen LogP contribution in [-0.4, -0.2) is 19.2 Å². The Labute approximate surface area is 92.6 Å². The van der Waals surface area contributed by atoms with Crippen molar-refractivity contribution in [3.8, 4) is 5.75 Å². The molecule has 15 heavy (non-hydrogen) atoms.